The number of carboxylic acid groups (broad SMARTS) is 1. The molecule has 19 heavy (non-hydrogen) atoms. The summed E-state index contributed by atoms with van der Waals surface area (Å²) in [5.74, 6) is -1.02. The second-order valence-corrected chi connectivity index (χ2v) is 5.44. The minimum Gasteiger partial charge on any atom is -0.481 e. The van der Waals surface area contributed by atoms with Crippen LogP contribution >= 0.6 is 0 Å². The van der Waals surface area contributed by atoms with Crippen molar-refractivity contribution in [2.45, 2.75) is 37.8 Å². The van der Waals surface area contributed by atoms with E-state index in [1.165, 1.54) is 0 Å². The lowest BCUT2D eigenvalue weighted by Gasteiger charge is -2.18. The molecule has 1 saturated carbocycles. The zero-order valence-electron chi connectivity index (χ0n) is 11.2. The van der Waals surface area contributed by atoms with Crippen LogP contribution in [0.3, 0.4) is 0 Å². The molecule has 1 amide bonds. The Kier molecular flexibility index (Phi) is 4.76. The zero-order chi connectivity index (χ0) is 13.8. The summed E-state index contributed by atoms with van der Waals surface area (Å²) >= 11 is 0. The highest BCUT2D eigenvalue weighted by atomic mass is 16.5. The van der Waals surface area contributed by atoms with Gasteiger partial charge >= 0.3 is 5.97 Å². The molecule has 6 nitrogen and oxygen atoms in total. The van der Waals surface area contributed by atoms with Gasteiger partial charge in [0.1, 0.15) is 0 Å². The Labute approximate surface area is 112 Å². The van der Waals surface area contributed by atoms with E-state index in [0.29, 0.717) is 19.5 Å². The minimum atomic E-state index is -0.741. The number of rotatable bonds is 5. The molecule has 0 bridgehead atoms. The van der Waals surface area contributed by atoms with E-state index < -0.39 is 5.97 Å². The van der Waals surface area contributed by atoms with Gasteiger partial charge in [-0.2, -0.15) is 0 Å². The van der Waals surface area contributed by atoms with Crippen LogP contribution in [0.1, 0.15) is 25.7 Å². The highest BCUT2D eigenvalue weighted by Crippen LogP contribution is 2.31. The average Bonchev–Trinajstić information content (AvgIpc) is 3.04. The van der Waals surface area contributed by atoms with Gasteiger partial charge in [-0.25, -0.2) is 0 Å². The lowest BCUT2D eigenvalue weighted by molar-refractivity contribution is -0.143. The normalized spacial score (nSPS) is 34.4. The van der Waals surface area contributed by atoms with E-state index in [4.69, 9.17) is 9.84 Å². The standard InChI is InChI=1S/C13H22N2O4/c1-19-9-5-11(14-7-9)12(16)15-6-8-3-2-4-10(8)13(17)18/h8-11,14H,2-7H2,1H3,(H,15,16)(H,17,18). The van der Waals surface area contributed by atoms with Crippen molar-refractivity contribution >= 4 is 11.9 Å². The first-order chi connectivity index (χ1) is 9.11. The summed E-state index contributed by atoms with van der Waals surface area (Å²) in [5, 5.41) is 15.1. The van der Waals surface area contributed by atoms with Crippen LogP contribution in [0.15, 0.2) is 0 Å². The highest BCUT2D eigenvalue weighted by Gasteiger charge is 2.34. The van der Waals surface area contributed by atoms with Crippen molar-refractivity contribution < 1.29 is 19.4 Å². The molecule has 0 radical (unpaired) electrons. The third kappa shape index (κ3) is 3.45. The molecule has 0 aromatic heterocycles. The van der Waals surface area contributed by atoms with Gasteiger partial charge in [0.2, 0.25) is 5.91 Å². The van der Waals surface area contributed by atoms with Crippen molar-refractivity contribution in [3.63, 3.8) is 0 Å². The van der Waals surface area contributed by atoms with Crippen LogP contribution in [-0.2, 0) is 14.3 Å². The first-order valence-corrected chi connectivity index (χ1v) is 6.88. The Balaban J connectivity index is 1.76. The van der Waals surface area contributed by atoms with Crippen molar-refractivity contribution in [2.75, 3.05) is 20.2 Å². The molecule has 2 aliphatic rings. The van der Waals surface area contributed by atoms with Crippen LogP contribution in [0.25, 0.3) is 0 Å². The fourth-order valence-corrected chi connectivity index (χ4v) is 3.04. The third-order valence-electron chi connectivity index (χ3n) is 4.26. The second-order valence-electron chi connectivity index (χ2n) is 5.44. The lowest BCUT2D eigenvalue weighted by atomic mass is 9.96. The molecular weight excluding hydrogens is 248 g/mol. The number of carbonyl (C=O) groups excluding carboxylic acids is 1. The third-order valence-corrected chi connectivity index (χ3v) is 4.26. The van der Waals surface area contributed by atoms with E-state index in [-0.39, 0.29) is 29.9 Å². The number of amides is 1. The van der Waals surface area contributed by atoms with Crippen LogP contribution < -0.4 is 10.6 Å². The van der Waals surface area contributed by atoms with Crippen LogP contribution in [-0.4, -0.2) is 49.3 Å². The number of ether oxygens (including phenoxy) is 1. The predicted molar refractivity (Wildman–Crippen MR) is 68.7 cm³/mol. The number of hydrogen-bond acceptors (Lipinski definition) is 4. The number of carbonyl (C=O) groups is 2. The first kappa shape index (κ1) is 14.3. The van der Waals surface area contributed by atoms with E-state index in [1.54, 1.807) is 7.11 Å². The summed E-state index contributed by atoms with van der Waals surface area (Å²) in [6.07, 6.45) is 3.31. The molecule has 6 heteroatoms. The largest absolute Gasteiger partial charge is 0.481 e. The minimum absolute atomic E-state index is 0.0458. The van der Waals surface area contributed by atoms with Gasteiger partial charge in [0, 0.05) is 20.2 Å². The Morgan fingerprint density at radius 1 is 1.42 bits per heavy atom. The van der Waals surface area contributed by atoms with Crippen LogP contribution in [0.4, 0.5) is 0 Å². The van der Waals surface area contributed by atoms with Crippen molar-refractivity contribution in [2.24, 2.45) is 11.8 Å². The smallest absolute Gasteiger partial charge is 0.306 e. The van der Waals surface area contributed by atoms with Gasteiger partial charge in [-0.1, -0.05) is 6.42 Å². The Bertz CT molecular complexity index is 348. The van der Waals surface area contributed by atoms with Crippen molar-refractivity contribution in [1.29, 1.82) is 0 Å². The van der Waals surface area contributed by atoms with Gasteiger partial charge in [0.05, 0.1) is 18.1 Å². The summed E-state index contributed by atoms with van der Waals surface area (Å²) < 4.78 is 5.20. The van der Waals surface area contributed by atoms with Gasteiger partial charge in [-0.05, 0) is 25.2 Å². The molecule has 0 aromatic carbocycles. The molecule has 1 aliphatic carbocycles. The molecule has 108 valence electrons. The number of aliphatic carboxylic acids is 1. The summed E-state index contributed by atoms with van der Waals surface area (Å²) in [6.45, 7) is 1.15. The zero-order valence-corrected chi connectivity index (χ0v) is 11.2. The quantitative estimate of drug-likeness (QED) is 0.653. The van der Waals surface area contributed by atoms with Gasteiger partial charge < -0.3 is 20.5 Å². The molecule has 2 rings (SSSR count). The fraction of sp³-hybridized carbons (Fsp3) is 0.846. The van der Waals surface area contributed by atoms with E-state index in [0.717, 1.165) is 19.3 Å². The van der Waals surface area contributed by atoms with Gasteiger partial charge in [-0.3, -0.25) is 9.59 Å². The van der Waals surface area contributed by atoms with Crippen molar-refractivity contribution in [3.8, 4) is 0 Å². The summed E-state index contributed by atoms with van der Waals surface area (Å²) in [5.41, 5.74) is 0. The molecule has 3 N–H and O–H groups in total. The molecule has 0 aromatic rings. The van der Waals surface area contributed by atoms with Crippen molar-refractivity contribution in [1.82, 2.24) is 10.6 Å². The van der Waals surface area contributed by atoms with Crippen LogP contribution in [0, 0.1) is 11.8 Å². The fourth-order valence-electron chi connectivity index (χ4n) is 3.04. The maximum atomic E-state index is 12.0. The topological polar surface area (TPSA) is 87.7 Å². The predicted octanol–water partition coefficient (Wildman–Crippen LogP) is -0.0196. The number of nitrogens with one attached hydrogen (secondary N) is 2. The molecule has 1 aliphatic heterocycles. The highest BCUT2D eigenvalue weighted by molar-refractivity contribution is 5.82. The van der Waals surface area contributed by atoms with Gasteiger partial charge in [0.15, 0.2) is 0 Å². The van der Waals surface area contributed by atoms with E-state index >= 15 is 0 Å². The summed E-state index contributed by atoms with van der Waals surface area (Å²) in [4.78, 5) is 23.0. The maximum absolute atomic E-state index is 12.0. The molecule has 4 unspecified atom stereocenters. The van der Waals surface area contributed by atoms with E-state index in [2.05, 4.69) is 10.6 Å². The molecule has 2 fully saturated rings. The SMILES string of the molecule is COC1CNC(C(=O)NCC2CCCC2C(=O)O)C1. The molecular formula is C13H22N2O4. The monoisotopic (exact) mass is 270 g/mol. The van der Waals surface area contributed by atoms with Crippen LogP contribution in [0.2, 0.25) is 0 Å². The molecule has 1 saturated heterocycles. The number of hydrogen-bond donors (Lipinski definition) is 3. The van der Waals surface area contributed by atoms with Gasteiger partial charge in [0.25, 0.3) is 0 Å². The lowest BCUT2D eigenvalue weighted by Crippen LogP contribution is -2.43. The van der Waals surface area contributed by atoms with Gasteiger partial charge in [-0.15, -0.1) is 0 Å². The Hall–Kier alpha value is -1.14. The first-order valence-electron chi connectivity index (χ1n) is 6.88. The second kappa shape index (κ2) is 6.34. The Morgan fingerprint density at radius 3 is 2.84 bits per heavy atom. The van der Waals surface area contributed by atoms with E-state index in [1.807, 2.05) is 0 Å². The summed E-state index contributed by atoms with van der Waals surface area (Å²) in [7, 11) is 1.64. The number of methoxy groups -OCH3 is 1. The average molecular weight is 270 g/mol. The Morgan fingerprint density at radius 2 is 2.21 bits per heavy atom. The van der Waals surface area contributed by atoms with Crippen molar-refractivity contribution in [3.05, 3.63) is 0 Å². The molecule has 4 atom stereocenters. The number of carboxylic acids is 1. The maximum Gasteiger partial charge on any atom is 0.306 e. The molecule has 1 heterocycles. The van der Waals surface area contributed by atoms with E-state index in [9.17, 15) is 9.59 Å². The molecule has 0 spiro atoms. The van der Waals surface area contributed by atoms with Crippen LogP contribution in [0.5, 0.6) is 0 Å². The summed E-state index contributed by atoms with van der Waals surface area (Å²) in [6, 6.07) is -0.213.